The molecular formula is C16H24N4O4. The fourth-order valence-electron chi connectivity index (χ4n) is 3.20. The van der Waals surface area contributed by atoms with E-state index in [-0.39, 0.29) is 11.9 Å². The number of allylic oxidation sites excluding steroid dienone is 1. The van der Waals surface area contributed by atoms with E-state index in [4.69, 9.17) is 9.15 Å². The number of aromatic nitrogens is 2. The van der Waals surface area contributed by atoms with Gasteiger partial charge in [0.25, 0.3) is 5.91 Å². The third-order valence-corrected chi connectivity index (χ3v) is 4.47. The first-order chi connectivity index (χ1) is 11.6. The molecule has 1 saturated heterocycles. The molecule has 2 aliphatic rings. The van der Waals surface area contributed by atoms with Crippen LogP contribution in [0.4, 0.5) is 0 Å². The van der Waals surface area contributed by atoms with Gasteiger partial charge in [0.15, 0.2) is 5.76 Å². The number of carbonyl (C=O) groups is 1. The van der Waals surface area contributed by atoms with Crippen molar-refractivity contribution in [1.29, 1.82) is 0 Å². The van der Waals surface area contributed by atoms with Crippen LogP contribution in [0.25, 0.3) is 0 Å². The predicted octanol–water partition coefficient (Wildman–Crippen LogP) is 0.466. The standard InChI is InChI=1S/C16H24N4O4/c1-3-19(10-15-18-17-11(2)24-15)12-8-20(9-13(12)21)16(22)14-6-4-5-7-23-14/h6,12-13,21H,3-5,7-10H2,1-2H3/t12?,13-/m1/s1. The number of aliphatic hydroxyl groups excluding tert-OH is 1. The fraction of sp³-hybridized carbons (Fsp3) is 0.688. The van der Waals surface area contributed by atoms with Crippen LogP contribution in [-0.4, -0.2) is 69.4 Å². The monoisotopic (exact) mass is 336 g/mol. The third-order valence-electron chi connectivity index (χ3n) is 4.47. The Kier molecular flexibility index (Phi) is 5.15. The smallest absolute Gasteiger partial charge is 0.288 e. The van der Waals surface area contributed by atoms with Gasteiger partial charge in [-0.3, -0.25) is 9.69 Å². The van der Waals surface area contributed by atoms with Crippen molar-refractivity contribution in [3.8, 4) is 0 Å². The number of rotatable bonds is 5. The van der Waals surface area contributed by atoms with Gasteiger partial charge < -0.3 is 19.2 Å². The van der Waals surface area contributed by atoms with E-state index in [1.807, 2.05) is 13.0 Å². The summed E-state index contributed by atoms with van der Waals surface area (Å²) < 4.78 is 10.9. The maximum absolute atomic E-state index is 12.5. The highest BCUT2D eigenvalue weighted by atomic mass is 16.5. The highest BCUT2D eigenvalue weighted by Crippen LogP contribution is 2.22. The van der Waals surface area contributed by atoms with Crippen LogP contribution in [0.3, 0.4) is 0 Å². The number of hydrogen-bond donors (Lipinski definition) is 1. The Labute approximate surface area is 141 Å². The average Bonchev–Trinajstić information content (AvgIpc) is 3.18. The average molecular weight is 336 g/mol. The second kappa shape index (κ2) is 7.31. The highest BCUT2D eigenvalue weighted by Gasteiger charge is 2.39. The van der Waals surface area contributed by atoms with Gasteiger partial charge in [-0.05, 0) is 25.5 Å². The number of carbonyl (C=O) groups excluding carboxylic acids is 1. The fourth-order valence-corrected chi connectivity index (χ4v) is 3.20. The second-order valence-electron chi connectivity index (χ2n) is 6.18. The topological polar surface area (TPSA) is 91.9 Å². The predicted molar refractivity (Wildman–Crippen MR) is 84.8 cm³/mol. The summed E-state index contributed by atoms with van der Waals surface area (Å²) in [7, 11) is 0. The molecule has 0 spiro atoms. The minimum Gasteiger partial charge on any atom is -0.488 e. The van der Waals surface area contributed by atoms with Gasteiger partial charge in [-0.25, -0.2) is 0 Å². The van der Waals surface area contributed by atoms with Crippen LogP contribution in [0.2, 0.25) is 0 Å². The zero-order valence-corrected chi connectivity index (χ0v) is 14.1. The molecule has 8 nitrogen and oxygen atoms in total. The van der Waals surface area contributed by atoms with Crippen LogP contribution in [0.5, 0.6) is 0 Å². The van der Waals surface area contributed by atoms with Crippen LogP contribution >= 0.6 is 0 Å². The van der Waals surface area contributed by atoms with Gasteiger partial charge in [0.05, 0.1) is 25.3 Å². The van der Waals surface area contributed by atoms with Crippen molar-refractivity contribution in [3.05, 3.63) is 23.6 Å². The van der Waals surface area contributed by atoms with Gasteiger partial charge in [0, 0.05) is 20.0 Å². The minimum atomic E-state index is -0.609. The Hall–Kier alpha value is -1.93. The van der Waals surface area contributed by atoms with Crippen LogP contribution in [-0.2, 0) is 16.1 Å². The van der Waals surface area contributed by atoms with E-state index < -0.39 is 6.10 Å². The molecular weight excluding hydrogens is 312 g/mol. The summed E-state index contributed by atoms with van der Waals surface area (Å²) in [6.45, 7) is 6.27. The van der Waals surface area contributed by atoms with Crippen LogP contribution < -0.4 is 0 Å². The van der Waals surface area contributed by atoms with E-state index in [0.29, 0.717) is 50.3 Å². The first kappa shape index (κ1) is 16.9. The molecule has 1 unspecified atom stereocenters. The molecule has 1 aromatic rings. The van der Waals surface area contributed by atoms with Crippen molar-refractivity contribution in [1.82, 2.24) is 20.0 Å². The summed E-state index contributed by atoms with van der Waals surface area (Å²) in [5.41, 5.74) is 0. The lowest BCUT2D eigenvalue weighted by Crippen LogP contribution is -2.43. The SMILES string of the molecule is CCN(Cc1nnc(C)o1)C1CN(C(=O)C2=CCCCO2)C[C@H]1O. The summed E-state index contributed by atoms with van der Waals surface area (Å²) in [5.74, 6) is 1.31. The number of β-amino-alcohol motifs (C(OH)–C–C–N with tert-alkyl or cyclic N) is 1. The zero-order chi connectivity index (χ0) is 17.1. The van der Waals surface area contributed by atoms with E-state index >= 15 is 0 Å². The molecule has 3 rings (SSSR count). The third kappa shape index (κ3) is 3.59. The normalized spacial score (nSPS) is 24.2. The van der Waals surface area contributed by atoms with E-state index in [0.717, 1.165) is 12.8 Å². The number of nitrogens with zero attached hydrogens (tertiary/aromatic N) is 4. The molecule has 0 aromatic carbocycles. The van der Waals surface area contributed by atoms with E-state index in [9.17, 15) is 9.90 Å². The van der Waals surface area contributed by atoms with Gasteiger partial charge in [0.2, 0.25) is 11.8 Å². The molecule has 1 fully saturated rings. The van der Waals surface area contributed by atoms with Crippen LogP contribution in [0, 0.1) is 6.92 Å². The van der Waals surface area contributed by atoms with E-state index in [2.05, 4.69) is 15.1 Å². The first-order valence-electron chi connectivity index (χ1n) is 8.41. The lowest BCUT2D eigenvalue weighted by molar-refractivity contribution is -0.130. The molecule has 8 heteroatoms. The first-order valence-corrected chi connectivity index (χ1v) is 8.41. The highest BCUT2D eigenvalue weighted by molar-refractivity contribution is 5.91. The number of hydrogen-bond acceptors (Lipinski definition) is 7. The summed E-state index contributed by atoms with van der Waals surface area (Å²) in [6.07, 6.45) is 3.03. The van der Waals surface area contributed by atoms with Gasteiger partial charge in [-0.2, -0.15) is 0 Å². The van der Waals surface area contributed by atoms with E-state index in [1.165, 1.54) is 0 Å². The molecule has 132 valence electrons. The Morgan fingerprint density at radius 1 is 1.46 bits per heavy atom. The van der Waals surface area contributed by atoms with Crippen molar-refractivity contribution < 1.29 is 19.1 Å². The van der Waals surface area contributed by atoms with Crippen molar-refractivity contribution in [2.75, 3.05) is 26.2 Å². The van der Waals surface area contributed by atoms with Gasteiger partial charge in [-0.1, -0.05) is 6.92 Å². The summed E-state index contributed by atoms with van der Waals surface area (Å²) in [5, 5.41) is 18.3. The largest absolute Gasteiger partial charge is 0.488 e. The molecule has 1 amide bonds. The summed E-state index contributed by atoms with van der Waals surface area (Å²) >= 11 is 0. The number of likely N-dealkylation sites (N-methyl/N-ethyl adjacent to an activating group) is 1. The second-order valence-corrected chi connectivity index (χ2v) is 6.18. The van der Waals surface area contributed by atoms with Crippen molar-refractivity contribution in [2.45, 2.75) is 45.4 Å². The number of amides is 1. The number of aryl methyl sites for hydroxylation is 1. The van der Waals surface area contributed by atoms with Crippen molar-refractivity contribution in [2.24, 2.45) is 0 Å². The van der Waals surface area contributed by atoms with Crippen molar-refractivity contribution >= 4 is 5.91 Å². The molecule has 2 atom stereocenters. The molecule has 0 aliphatic carbocycles. The van der Waals surface area contributed by atoms with Gasteiger partial charge in [-0.15, -0.1) is 10.2 Å². The Morgan fingerprint density at radius 2 is 2.29 bits per heavy atom. The maximum atomic E-state index is 12.5. The molecule has 0 bridgehead atoms. The lowest BCUT2D eigenvalue weighted by atomic mass is 10.2. The van der Waals surface area contributed by atoms with Crippen molar-refractivity contribution in [3.63, 3.8) is 0 Å². The van der Waals surface area contributed by atoms with E-state index in [1.54, 1.807) is 11.8 Å². The number of ether oxygens (including phenoxy) is 1. The maximum Gasteiger partial charge on any atom is 0.288 e. The molecule has 0 saturated carbocycles. The molecule has 2 aliphatic heterocycles. The Bertz CT molecular complexity index is 615. The minimum absolute atomic E-state index is 0.138. The molecule has 1 aromatic heterocycles. The lowest BCUT2D eigenvalue weighted by Gasteiger charge is -2.28. The molecule has 1 N–H and O–H groups in total. The molecule has 3 heterocycles. The quantitative estimate of drug-likeness (QED) is 0.835. The molecule has 0 radical (unpaired) electrons. The Morgan fingerprint density at radius 3 is 2.92 bits per heavy atom. The summed E-state index contributed by atoms with van der Waals surface area (Å²) in [6, 6.07) is -0.157. The zero-order valence-electron chi connectivity index (χ0n) is 14.1. The molecule has 24 heavy (non-hydrogen) atoms. The van der Waals surface area contributed by atoms with Gasteiger partial charge >= 0.3 is 0 Å². The summed E-state index contributed by atoms with van der Waals surface area (Å²) in [4.78, 5) is 16.2. The van der Waals surface area contributed by atoms with Crippen LogP contribution in [0.1, 0.15) is 31.5 Å². The van der Waals surface area contributed by atoms with Crippen LogP contribution in [0.15, 0.2) is 16.3 Å². The van der Waals surface area contributed by atoms with Gasteiger partial charge in [0.1, 0.15) is 0 Å². The number of likely N-dealkylation sites (tertiary alicyclic amines) is 1. The number of aliphatic hydroxyl groups is 1. The Balaban J connectivity index is 1.65.